The van der Waals surface area contributed by atoms with Crippen LogP contribution in [0.15, 0.2) is 24.3 Å². The number of anilines is 1. The van der Waals surface area contributed by atoms with Gasteiger partial charge in [0.15, 0.2) is 0 Å². The molecule has 1 saturated carbocycles. The van der Waals surface area contributed by atoms with Crippen LogP contribution in [-0.2, 0) is 10.2 Å². The number of nitrogens with zero attached hydrogens (tertiary/aromatic N) is 2. The third-order valence-corrected chi connectivity index (χ3v) is 4.18. The van der Waals surface area contributed by atoms with Crippen LogP contribution in [0.25, 0.3) is 0 Å². The molecule has 0 amide bonds. The van der Waals surface area contributed by atoms with Gasteiger partial charge in [-0.1, -0.05) is 0 Å². The third kappa shape index (κ3) is 2.75. The van der Waals surface area contributed by atoms with Crippen LogP contribution < -0.4 is 9.03 Å². The molecule has 0 radical (unpaired) electrons. The van der Waals surface area contributed by atoms with Crippen LogP contribution in [0.3, 0.4) is 0 Å². The first-order valence-electron chi connectivity index (χ1n) is 5.29. The van der Waals surface area contributed by atoms with Gasteiger partial charge in [0.1, 0.15) is 0 Å². The fraction of sp³-hybridized carbons (Fsp3) is 0.364. The molecule has 0 heterocycles. The van der Waals surface area contributed by atoms with Crippen LogP contribution in [0.5, 0.6) is 0 Å². The normalized spacial score (nSPS) is 15.3. The first-order valence-corrected chi connectivity index (χ1v) is 6.73. The van der Waals surface area contributed by atoms with Crippen LogP contribution in [-0.4, -0.2) is 21.5 Å². The van der Waals surface area contributed by atoms with E-state index in [9.17, 15) is 8.42 Å². The summed E-state index contributed by atoms with van der Waals surface area (Å²) in [7, 11) is -1.98. The van der Waals surface area contributed by atoms with Crippen molar-refractivity contribution in [3.8, 4) is 6.07 Å². The standard InChI is InChI=1S/C11H13N3O2S/c1-14(17(15,16)13-10-4-5-10)11-6-2-9(8-12)3-7-11/h2-3,6-7,10,13H,4-5H2,1H3. The summed E-state index contributed by atoms with van der Waals surface area (Å²) in [5.41, 5.74) is 1.05. The Morgan fingerprint density at radius 1 is 1.35 bits per heavy atom. The molecular formula is C11H13N3O2S. The quantitative estimate of drug-likeness (QED) is 0.867. The number of hydrogen-bond acceptors (Lipinski definition) is 3. The Labute approximate surface area is 101 Å². The van der Waals surface area contributed by atoms with E-state index in [4.69, 9.17) is 5.26 Å². The Morgan fingerprint density at radius 2 is 1.94 bits per heavy atom. The molecule has 90 valence electrons. The molecule has 17 heavy (non-hydrogen) atoms. The molecule has 1 aliphatic carbocycles. The van der Waals surface area contributed by atoms with Gasteiger partial charge in [-0.15, -0.1) is 0 Å². The van der Waals surface area contributed by atoms with Crippen LogP contribution in [0, 0.1) is 11.3 Å². The Hall–Kier alpha value is -1.58. The minimum absolute atomic E-state index is 0.0841. The van der Waals surface area contributed by atoms with E-state index >= 15 is 0 Å². The van der Waals surface area contributed by atoms with Crippen molar-refractivity contribution in [3.63, 3.8) is 0 Å². The van der Waals surface area contributed by atoms with Gasteiger partial charge in [0.25, 0.3) is 0 Å². The molecule has 6 heteroatoms. The monoisotopic (exact) mass is 251 g/mol. The zero-order chi connectivity index (χ0) is 12.5. The van der Waals surface area contributed by atoms with Crippen molar-refractivity contribution in [3.05, 3.63) is 29.8 Å². The van der Waals surface area contributed by atoms with Crippen molar-refractivity contribution in [2.75, 3.05) is 11.4 Å². The van der Waals surface area contributed by atoms with Gasteiger partial charge in [-0.3, -0.25) is 4.31 Å². The summed E-state index contributed by atoms with van der Waals surface area (Å²) in [5.74, 6) is 0. The first kappa shape index (κ1) is 11.9. The molecule has 0 unspecified atom stereocenters. The van der Waals surface area contributed by atoms with Crippen molar-refractivity contribution in [2.24, 2.45) is 0 Å². The van der Waals surface area contributed by atoms with Crippen molar-refractivity contribution in [1.29, 1.82) is 5.26 Å². The average Bonchev–Trinajstić information content (AvgIpc) is 3.11. The lowest BCUT2D eigenvalue weighted by atomic mass is 10.2. The van der Waals surface area contributed by atoms with Gasteiger partial charge in [0.05, 0.1) is 17.3 Å². The number of benzene rings is 1. The van der Waals surface area contributed by atoms with Gasteiger partial charge < -0.3 is 0 Å². The summed E-state index contributed by atoms with van der Waals surface area (Å²) in [4.78, 5) is 0. The van der Waals surface area contributed by atoms with Crippen LogP contribution >= 0.6 is 0 Å². The lowest BCUT2D eigenvalue weighted by molar-refractivity contribution is 0.579. The molecule has 0 spiro atoms. The Bertz CT molecular complexity index is 541. The lowest BCUT2D eigenvalue weighted by Gasteiger charge is -2.19. The van der Waals surface area contributed by atoms with Gasteiger partial charge in [-0.05, 0) is 37.1 Å². The summed E-state index contributed by atoms with van der Waals surface area (Å²) in [6.45, 7) is 0. The molecule has 0 atom stereocenters. The number of nitriles is 1. The van der Waals surface area contributed by atoms with E-state index in [-0.39, 0.29) is 6.04 Å². The maximum absolute atomic E-state index is 11.9. The zero-order valence-corrected chi connectivity index (χ0v) is 10.2. The second-order valence-corrected chi connectivity index (χ2v) is 5.76. The molecule has 2 rings (SSSR count). The summed E-state index contributed by atoms with van der Waals surface area (Å²) in [5, 5.41) is 8.66. The molecule has 1 aromatic carbocycles. The molecule has 0 aliphatic heterocycles. The first-order chi connectivity index (χ1) is 8.03. The highest BCUT2D eigenvalue weighted by atomic mass is 32.2. The zero-order valence-electron chi connectivity index (χ0n) is 9.42. The number of hydrogen-bond donors (Lipinski definition) is 1. The SMILES string of the molecule is CN(c1ccc(C#N)cc1)S(=O)(=O)NC1CC1. The lowest BCUT2D eigenvalue weighted by Crippen LogP contribution is -2.39. The molecule has 0 bridgehead atoms. The summed E-state index contributed by atoms with van der Waals surface area (Å²) in [6, 6.07) is 8.50. The van der Waals surface area contributed by atoms with E-state index < -0.39 is 10.2 Å². The van der Waals surface area contributed by atoms with Crippen LogP contribution in [0.4, 0.5) is 5.69 Å². The molecule has 1 aromatic rings. The van der Waals surface area contributed by atoms with Crippen molar-refractivity contribution >= 4 is 15.9 Å². The Balaban J connectivity index is 2.17. The van der Waals surface area contributed by atoms with E-state index in [0.717, 1.165) is 12.8 Å². The molecule has 1 N–H and O–H groups in total. The van der Waals surface area contributed by atoms with E-state index in [1.165, 1.54) is 11.4 Å². The maximum Gasteiger partial charge on any atom is 0.301 e. The van der Waals surface area contributed by atoms with Gasteiger partial charge >= 0.3 is 10.2 Å². The van der Waals surface area contributed by atoms with Gasteiger partial charge in [-0.25, -0.2) is 0 Å². The molecule has 1 fully saturated rings. The van der Waals surface area contributed by atoms with Gasteiger partial charge in [0.2, 0.25) is 0 Å². The van der Waals surface area contributed by atoms with Gasteiger partial charge in [-0.2, -0.15) is 18.4 Å². The predicted octanol–water partition coefficient (Wildman–Crippen LogP) is 0.991. The second kappa shape index (κ2) is 4.35. The minimum atomic E-state index is -3.47. The predicted molar refractivity (Wildman–Crippen MR) is 64.6 cm³/mol. The van der Waals surface area contributed by atoms with Crippen molar-refractivity contribution < 1.29 is 8.42 Å². The third-order valence-electron chi connectivity index (χ3n) is 2.61. The second-order valence-electron chi connectivity index (χ2n) is 4.02. The van der Waals surface area contributed by atoms with Gasteiger partial charge in [0, 0.05) is 13.1 Å². The molecule has 0 saturated heterocycles. The van der Waals surface area contributed by atoms with Crippen LogP contribution in [0.2, 0.25) is 0 Å². The van der Waals surface area contributed by atoms with E-state index in [0.29, 0.717) is 11.3 Å². The molecule has 1 aliphatic rings. The Morgan fingerprint density at radius 3 is 2.41 bits per heavy atom. The molecular weight excluding hydrogens is 238 g/mol. The van der Waals surface area contributed by atoms with E-state index in [1.807, 2.05) is 6.07 Å². The maximum atomic E-state index is 11.9. The Kier molecular flexibility index (Phi) is 3.05. The average molecular weight is 251 g/mol. The highest BCUT2D eigenvalue weighted by molar-refractivity contribution is 7.90. The van der Waals surface area contributed by atoms with Crippen LogP contribution in [0.1, 0.15) is 18.4 Å². The smallest absolute Gasteiger partial charge is 0.261 e. The van der Waals surface area contributed by atoms with Crippen molar-refractivity contribution in [2.45, 2.75) is 18.9 Å². The topological polar surface area (TPSA) is 73.2 Å². The summed E-state index contributed by atoms with van der Waals surface area (Å²) >= 11 is 0. The molecule has 0 aromatic heterocycles. The largest absolute Gasteiger partial charge is 0.301 e. The molecule has 5 nitrogen and oxygen atoms in total. The van der Waals surface area contributed by atoms with E-state index in [1.54, 1.807) is 24.3 Å². The fourth-order valence-corrected chi connectivity index (χ4v) is 2.59. The number of rotatable bonds is 4. The van der Waals surface area contributed by atoms with E-state index in [2.05, 4.69) is 4.72 Å². The highest BCUT2D eigenvalue weighted by Gasteiger charge is 2.29. The highest BCUT2D eigenvalue weighted by Crippen LogP contribution is 2.22. The fourth-order valence-electron chi connectivity index (χ4n) is 1.38. The minimum Gasteiger partial charge on any atom is -0.261 e. The van der Waals surface area contributed by atoms with Crippen molar-refractivity contribution in [1.82, 2.24) is 4.72 Å². The summed E-state index contributed by atoms with van der Waals surface area (Å²) in [6.07, 6.45) is 1.81. The number of nitrogens with one attached hydrogen (secondary N) is 1. The summed E-state index contributed by atoms with van der Waals surface area (Å²) < 4.78 is 27.5.